The van der Waals surface area contributed by atoms with Gasteiger partial charge in [-0.15, -0.1) is 0 Å². The molecule has 0 fully saturated rings. The maximum Gasteiger partial charge on any atom is 0.271 e. The first-order valence-corrected chi connectivity index (χ1v) is 6.51. The van der Waals surface area contributed by atoms with Crippen molar-refractivity contribution in [3.05, 3.63) is 58.6 Å². The minimum Gasteiger partial charge on any atom is -0.495 e. The van der Waals surface area contributed by atoms with Crippen molar-refractivity contribution < 1.29 is 14.5 Å². The monoisotopic (exact) mass is 301 g/mol. The van der Waals surface area contributed by atoms with Crippen LogP contribution in [-0.4, -0.2) is 24.5 Å². The van der Waals surface area contributed by atoms with Crippen molar-refractivity contribution in [3.63, 3.8) is 0 Å². The summed E-state index contributed by atoms with van der Waals surface area (Å²) < 4.78 is 5.17. The fourth-order valence-electron chi connectivity index (χ4n) is 1.87. The molecule has 0 aliphatic heterocycles. The highest BCUT2D eigenvalue weighted by atomic mass is 16.6. The summed E-state index contributed by atoms with van der Waals surface area (Å²) in [6.45, 7) is 0.0169. The van der Waals surface area contributed by atoms with Crippen LogP contribution in [0.4, 0.5) is 17.1 Å². The van der Waals surface area contributed by atoms with Crippen molar-refractivity contribution in [1.29, 1.82) is 0 Å². The molecule has 7 nitrogen and oxygen atoms in total. The average molecular weight is 301 g/mol. The van der Waals surface area contributed by atoms with Crippen molar-refractivity contribution in [1.82, 2.24) is 0 Å². The first-order chi connectivity index (χ1) is 10.6. The van der Waals surface area contributed by atoms with Crippen LogP contribution in [-0.2, 0) is 4.79 Å². The Hall–Kier alpha value is -3.09. The van der Waals surface area contributed by atoms with Crippen LogP contribution >= 0.6 is 0 Å². The van der Waals surface area contributed by atoms with E-state index in [1.807, 2.05) is 12.1 Å². The van der Waals surface area contributed by atoms with E-state index in [1.165, 1.54) is 18.2 Å². The number of hydrogen-bond acceptors (Lipinski definition) is 5. The fraction of sp³-hybridized carbons (Fsp3) is 0.133. The predicted octanol–water partition coefficient (Wildman–Crippen LogP) is 2.65. The molecule has 0 saturated heterocycles. The molecular weight excluding hydrogens is 286 g/mol. The number of benzene rings is 2. The molecule has 7 heteroatoms. The Kier molecular flexibility index (Phi) is 4.92. The lowest BCUT2D eigenvalue weighted by Crippen LogP contribution is -2.21. The number of rotatable bonds is 6. The summed E-state index contributed by atoms with van der Waals surface area (Å²) in [6.07, 6.45) is 0. The minimum atomic E-state index is -0.511. The molecule has 0 unspecified atom stereocenters. The number of para-hydroxylation sites is 2. The molecule has 0 spiro atoms. The highest BCUT2D eigenvalue weighted by Crippen LogP contribution is 2.22. The van der Waals surface area contributed by atoms with Gasteiger partial charge >= 0.3 is 0 Å². The summed E-state index contributed by atoms with van der Waals surface area (Å²) in [7, 11) is 1.55. The third-order valence-electron chi connectivity index (χ3n) is 2.89. The molecule has 0 aliphatic carbocycles. The van der Waals surface area contributed by atoms with E-state index in [0.717, 1.165) is 0 Å². The van der Waals surface area contributed by atoms with E-state index in [2.05, 4.69) is 10.6 Å². The standard InChI is InChI=1S/C15H15N3O4/c1-22-14-8-3-2-7-13(14)16-10-15(19)17-11-5-4-6-12(9-11)18(20)21/h2-9,16H,10H2,1H3,(H,17,19). The number of ether oxygens (including phenoxy) is 1. The third kappa shape index (κ3) is 3.95. The average Bonchev–Trinajstić information content (AvgIpc) is 2.53. The summed E-state index contributed by atoms with van der Waals surface area (Å²) in [5.41, 5.74) is 0.996. The van der Waals surface area contributed by atoms with Gasteiger partial charge in [-0.25, -0.2) is 0 Å². The highest BCUT2D eigenvalue weighted by molar-refractivity contribution is 5.94. The van der Waals surface area contributed by atoms with Gasteiger partial charge in [0.2, 0.25) is 5.91 Å². The van der Waals surface area contributed by atoms with Crippen molar-refractivity contribution in [2.45, 2.75) is 0 Å². The van der Waals surface area contributed by atoms with Gasteiger partial charge in [0.05, 0.1) is 24.3 Å². The molecule has 22 heavy (non-hydrogen) atoms. The van der Waals surface area contributed by atoms with Crippen LogP contribution in [0, 0.1) is 10.1 Å². The second-order valence-electron chi connectivity index (χ2n) is 4.41. The number of nitrogens with one attached hydrogen (secondary N) is 2. The summed E-state index contributed by atoms with van der Waals surface area (Å²) in [5.74, 6) is 0.317. The quantitative estimate of drug-likeness (QED) is 0.632. The zero-order chi connectivity index (χ0) is 15.9. The first-order valence-electron chi connectivity index (χ1n) is 6.51. The molecule has 1 amide bonds. The summed E-state index contributed by atoms with van der Waals surface area (Å²) in [6, 6.07) is 13.0. The maximum atomic E-state index is 11.9. The van der Waals surface area contributed by atoms with Crippen LogP contribution in [0.15, 0.2) is 48.5 Å². The summed E-state index contributed by atoms with van der Waals surface area (Å²) in [4.78, 5) is 22.1. The number of amides is 1. The van der Waals surface area contributed by atoms with Gasteiger partial charge in [0.1, 0.15) is 5.75 Å². The number of carbonyl (C=O) groups is 1. The highest BCUT2D eigenvalue weighted by Gasteiger charge is 2.09. The molecule has 2 aromatic rings. The van der Waals surface area contributed by atoms with Crippen LogP contribution in [0.2, 0.25) is 0 Å². The lowest BCUT2D eigenvalue weighted by molar-refractivity contribution is -0.384. The predicted molar refractivity (Wildman–Crippen MR) is 83.2 cm³/mol. The van der Waals surface area contributed by atoms with Gasteiger partial charge in [-0.05, 0) is 18.2 Å². The second kappa shape index (κ2) is 7.07. The molecule has 2 rings (SSSR count). The van der Waals surface area contributed by atoms with E-state index in [9.17, 15) is 14.9 Å². The van der Waals surface area contributed by atoms with E-state index in [1.54, 1.807) is 25.3 Å². The van der Waals surface area contributed by atoms with E-state index in [0.29, 0.717) is 17.1 Å². The summed E-state index contributed by atoms with van der Waals surface area (Å²) in [5, 5.41) is 16.2. The topological polar surface area (TPSA) is 93.5 Å². The van der Waals surface area contributed by atoms with Crippen molar-refractivity contribution >= 4 is 23.0 Å². The largest absolute Gasteiger partial charge is 0.495 e. The van der Waals surface area contributed by atoms with E-state index in [-0.39, 0.29) is 18.1 Å². The van der Waals surface area contributed by atoms with Gasteiger partial charge < -0.3 is 15.4 Å². The van der Waals surface area contributed by atoms with E-state index in [4.69, 9.17) is 4.74 Å². The Labute approximate surface area is 127 Å². The van der Waals surface area contributed by atoms with Gasteiger partial charge in [0.25, 0.3) is 5.69 Å². The Morgan fingerprint density at radius 3 is 2.73 bits per heavy atom. The second-order valence-corrected chi connectivity index (χ2v) is 4.41. The van der Waals surface area contributed by atoms with Gasteiger partial charge in [0, 0.05) is 17.8 Å². The maximum absolute atomic E-state index is 11.9. The molecule has 0 bridgehead atoms. The molecule has 2 aromatic carbocycles. The van der Waals surface area contributed by atoms with Gasteiger partial charge in [0.15, 0.2) is 0 Å². The zero-order valence-electron chi connectivity index (χ0n) is 11.9. The fourth-order valence-corrected chi connectivity index (χ4v) is 1.87. The SMILES string of the molecule is COc1ccccc1NCC(=O)Nc1cccc([N+](=O)[O-])c1. The normalized spacial score (nSPS) is 9.86. The van der Waals surface area contributed by atoms with Gasteiger partial charge in [-0.1, -0.05) is 18.2 Å². The Bertz CT molecular complexity index is 688. The molecule has 0 heterocycles. The molecule has 114 valence electrons. The molecule has 0 aliphatic rings. The van der Waals surface area contributed by atoms with Crippen LogP contribution in [0.1, 0.15) is 0 Å². The van der Waals surface area contributed by atoms with Crippen LogP contribution in [0.5, 0.6) is 5.75 Å². The molecule has 0 saturated carbocycles. The molecule has 0 atom stereocenters. The number of non-ortho nitro benzene ring substituents is 1. The number of nitro benzene ring substituents is 1. The van der Waals surface area contributed by atoms with Crippen molar-refractivity contribution in [2.75, 3.05) is 24.3 Å². The zero-order valence-corrected chi connectivity index (χ0v) is 11.9. The van der Waals surface area contributed by atoms with Crippen LogP contribution < -0.4 is 15.4 Å². The van der Waals surface area contributed by atoms with E-state index >= 15 is 0 Å². The molecule has 0 radical (unpaired) electrons. The molecule has 0 aromatic heterocycles. The van der Waals surface area contributed by atoms with Gasteiger partial charge in [-0.2, -0.15) is 0 Å². The number of anilines is 2. The Balaban J connectivity index is 1.96. The lowest BCUT2D eigenvalue weighted by Gasteiger charge is -2.11. The summed E-state index contributed by atoms with van der Waals surface area (Å²) >= 11 is 0. The number of methoxy groups -OCH3 is 1. The number of hydrogen-bond donors (Lipinski definition) is 2. The lowest BCUT2D eigenvalue weighted by atomic mass is 10.2. The number of nitrogens with zero attached hydrogens (tertiary/aromatic N) is 1. The molecule has 2 N–H and O–H groups in total. The Morgan fingerprint density at radius 2 is 2.00 bits per heavy atom. The molecular formula is C15H15N3O4. The number of carbonyl (C=O) groups excluding carboxylic acids is 1. The van der Waals surface area contributed by atoms with Crippen LogP contribution in [0.25, 0.3) is 0 Å². The van der Waals surface area contributed by atoms with Crippen LogP contribution in [0.3, 0.4) is 0 Å². The third-order valence-corrected chi connectivity index (χ3v) is 2.89. The number of nitro groups is 1. The minimum absolute atomic E-state index is 0.0169. The Morgan fingerprint density at radius 1 is 1.23 bits per heavy atom. The van der Waals surface area contributed by atoms with Gasteiger partial charge in [-0.3, -0.25) is 14.9 Å². The smallest absolute Gasteiger partial charge is 0.271 e. The first kappa shape index (κ1) is 15.3. The van der Waals surface area contributed by atoms with Crippen molar-refractivity contribution in [2.24, 2.45) is 0 Å². The van der Waals surface area contributed by atoms with Crippen molar-refractivity contribution in [3.8, 4) is 5.75 Å². The van der Waals surface area contributed by atoms with E-state index < -0.39 is 4.92 Å².